The number of rotatable bonds is 4. The number of carbonyl (C=O) groups excluding carboxylic acids is 1. The van der Waals surface area contributed by atoms with Gasteiger partial charge in [0, 0.05) is 16.7 Å². The number of hydrogen-bond donors (Lipinski definition) is 2. The molecule has 104 valence electrons. The second-order valence-corrected chi connectivity index (χ2v) is 6.22. The van der Waals surface area contributed by atoms with Crippen LogP contribution in [-0.2, 0) is 11.2 Å². The maximum atomic E-state index is 12.5. The number of hydrogen-bond acceptors (Lipinski definition) is 2. The molecule has 0 aliphatic heterocycles. The van der Waals surface area contributed by atoms with E-state index in [0.29, 0.717) is 6.54 Å². The van der Waals surface area contributed by atoms with Gasteiger partial charge in [-0.2, -0.15) is 0 Å². The number of carbonyl (C=O) groups is 1. The molecule has 0 aromatic heterocycles. The maximum Gasteiger partial charge on any atom is 0.231 e. The van der Waals surface area contributed by atoms with E-state index in [0.717, 1.165) is 47.8 Å². The second-order valence-electron chi connectivity index (χ2n) is 5.30. The van der Waals surface area contributed by atoms with E-state index in [2.05, 4.69) is 34.2 Å². The Morgan fingerprint density at radius 1 is 1.42 bits per heavy atom. The van der Waals surface area contributed by atoms with Crippen LogP contribution in [0.15, 0.2) is 22.7 Å². The lowest BCUT2D eigenvalue weighted by Gasteiger charge is -2.26. The van der Waals surface area contributed by atoms with Crippen LogP contribution in [0.4, 0.5) is 5.69 Å². The van der Waals surface area contributed by atoms with Crippen molar-refractivity contribution in [3.05, 3.63) is 28.2 Å². The Hall–Kier alpha value is -0.870. The third-order valence-corrected chi connectivity index (χ3v) is 4.62. The summed E-state index contributed by atoms with van der Waals surface area (Å²) >= 11 is 3.46. The zero-order chi connectivity index (χ0) is 13.9. The zero-order valence-corrected chi connectivity index (χ0v) is 12.9. The van der Waals surface area contributed by atoms with Crippen molar-refractivity contribution in [3.63, 3.8) is 0 Å². The summed E-state index contributed by atoms with van der Waals surface area (Å²) in [5.74, 6) is 0.0875. The third kappa shape index (κ3) is 3.00. The molecule has 1 amide bonds. The Balaban J connectivity index is 2.19. The van der Waals surface area contributed by atoms with Crippen molar-refractivity contribution in [2.24, 2.45) is 11.1 Å². The molecule has 3 nitrogen and oxygen atoms in total. The van der Waals surface area contributed by atoms with Gasteiger partial charge in [0.1, 0.15) is 0 Å². The van der Waals surface area contributed by atoms with Gasteiger partial charge in [-0.15, -0.1) is 0 Å². The summed E-state index contributed by atoms with van der Waals surface area (Å²) in [4.78, 5) is 12.5. The molecule has 1 aromatic rings. The summed E-state index contributed by atoms with van der Waals surface area (Å²) in [6, 6.07) is 5.97. The molecule has 0 saturated heterocycles. The van der Waals surface area contributed by atoms with E-state index >= 15 is 0 Å². The fraction of sp³-hybridized carbons (Fsp3) is 0.533. The highest BCUT2D eigenvalue weighted by Gasteiger charge is 2.39. The van der Waals surface area contributed by atoms with E-state index in [1.807, 2.05) is 12.1 Å². The van der Waals surface area contributed by atoms with Gasteiger partial charge in [0.25, 0.3) is 0 Å². The van der Waals surface area contributed by atoms with Crippen LogP contribution in [0, 0.1) is 5.41 Å². The minimum atomic E-state index is -0.349. The Kier molecular flexibility index (Phi) is 4.63. The van der Waals surface area contributed by atoms with E-state index in [1.54, 1.807) is 0 Å². The fourth-order valence-electron chi connectivity index (χ4n) is 2.81. The van der Waals surface area contributed by atoms with Crippen molar-refractivity contribution in [3.8, 4) is 0 Å². The van der Waals surface area contributed by atoms with Crippen LogP contribution < -0.4 is 11.1 Å². The summed E-state index contributed by atoms with van der Waals surface area (Å²) in [5, 5.41) is 3.08. The first kappa shape index (κ1) is 14.5. The Bertz CT molecular complexity index is 467. The van der Waals surface area contributed by atoms with Crippen LogP contribution in [0.5, 0.6) is 0 Å². The number of aryl methyl sites for hydroxylation is 1. The normalized spacial score (nSPS) is 17.4. The minimum Gasteiger partial charge on any atom is -0.329 e. The molecule has 1 aromatic carbocycles. The Labute approximate surface area is 123 Å². The van der Waals surface area contributed by atoms with Crippen LogP contribution in [0.25, 0.3) is 0 Å². The van der Waals surface area contributed by atoms with E-state index in [-0.39, 0.29) is 11.3 Å². The SMILES string of the molecule is CCc1cc(Br)ccc1NC(=O)C1(CN)CCCC1. The van der Waals surface area contributed by atoms with Crippen LogP contribution in [0.2, 0.25) is 0 Å². The molecule has 1 aliphatic rings. The van der Waals surface area contributed by atoms with E-state index < -0.39 is 0 Å². The van der Waals surface area contributed by atoms with Crippen molar-refractivity contribution in [2.45, 2.75) is 39.0 Å². The molecule has 3 N–H and O–H groups in total. The Morgan fingerprint density at radius 3 is 2.68 bits per heavy atom. The average Bonchev–Trinajstić information content (AvgIpc) is 2.90. The van der Waals surface area contributed by atoms with Crippen molar-refractivity contribution in [2.75, 3.05) is 11.9 Å². The summed E-state index contributed by atoms with van der Waals surface area (Å²) in [6.45, 7) is 2.53. The smallest absolute Gasteiger partial charge is 0.231 e. The first-order valence-corrected chi connectivity index (χ1v) is 7.70. The molecule has 0 spiro atoms. The topological polar surface area (TPSA) is 55.1 Å². The molecule has 0 bridgehead atoms. The van der Waals surface area contributed by atoms with Crippen LogP contribution in [-0.4, -0.2) is 12.5 Å². The number of nitrogens with one attached hydrogen (secondary N) is 1. The molecule has 0 heterocycles. The van der Waals surface area contributed by atoms with Crippen molar-refractivity contribution in [1.29, 1.82) is 0 Å². The number of anilines is 1. The minimum absolute atomic E-state index is 0.0875. The highest BCUT2D eigenvalue weighted by atomic mass is 79.9. The van der Waals surface area contributed by atoms with Crippen LogP contribution in [0.3, 0.4) is 0 Å². The molecule has 0 unspecified atom stereocenters. The molecule has 1 fully saturated rings. The zero-order valence-electron chi connectivity index (χ0n) is 11.3. The van der Waals surface area contributed by atoms with Crippen LogP contribution in [0.1, 0.15) is 38.2 Å². The van der Waals surface area contributed by atoms with Gasteiger partial charge in [-0.3, -0.25) is 4.79 Å². The van der Waals surface area contributed by atoms with Gasteiger partial charge in [0.2, 0.25) is 5.91 Å². The molecule has 2 rings (SSSR count). The van der Waals surface area contributed by atoms with Gasteiger partial charge in [0.05, 0.1) is 5.41 Å². The standard InChI is InChI=1S/C15H21BrN2O/c1-2-11-9-12(16)5-6-13(11)18-14(19)15(10-17)7-3-4-8-15/h5-6,9H,2-4,7-8,10,17H2,1H3,(H,18,19). The highest BCUT2D eigenvalue weighted by molar-refractivity contribution is 9.10. The van der Waals surface area contributed by atoms with Gasteiger partial charge in [0.15, 0.2) is 0 Å². The predicted molar refractivity (Wildman–Crippen MR) is 82.1 cm³/mol. The van der Waals surface area contributed by atoms with E-state index in [4.69, 9.17) is 5.73 Å². The lowest BCUT2D eigenvalue weighted by atomic mass is 9.85. The highest BCUT2D eigenvalue weighted by Crippen LogP contribution is 2.38. The largest absolute Gasteiger partial charge is 0.329 e. The molecule has 0 radical (unpaired) electrons. The van der Waals surface area contributed by atoms with E-state index in [1.165, 1.54) is 0 Å². The first-order chi connectivity index (χ1) is 9.11. The molecular formula is C15H21BrN2O. The molecule has 1 aliphatic carbocycles. The van der Waals surface area contributed by atoms with Gasteiger partial charge in [-0.05, 0) is 43.0 Å². The number of nitrogens with two attached hydrogens (primary N) is 1. The molecule has 1 saturated carbocycles. The fourth-order valence-corrected chi connectivity index (χ4v) is 3.22. The van der Waals surface area contributed by atoms with Gasteiger partial charge < -0.3 is 11.1 Å². The van der Waals surface area contributed by atoms with Crippen molar-refractivity contribution in [1.82, 2.24) is 0 Å². The monoisotopic (exact) mass is 324 g/mol. The maximum absolute atomic E-state index is 12.5. The predicted octanol–water partition coefficient (Wildman–Crippen LogP) is 3.47. The summed E-state index contributed by atoms with van der Waals surface area (Å²) in [7, 11) is 0. The lowest BCUT2D eigenvalue weighted by molar-refractivity contribution is -0.124. The van der Waals surface area contributed by atoms with Gasteiger partial charge in [-0.25, -0.2) is 0 Å². The third-order valence-electron chi connectivity index (χ3n) is 4.13. The molecule has 0 atom stereocenters. The van der Waals surface area contributed by atoms with Crippen molar-refractivity contribution < 1.29 is 4.79 Å². The molecule has 19 heavy (non-hydrogen) atoms. The average molecular weight is 325 g/mol. The number of amides is 1. The first-order valence-electron chi connectivity index (χ1n) is 6.91. The second kappa shape index (κ2) is 6.06. The lowest BCUT2D eigenvalue weighted by Crippen LogP contribution is -2.40. The Morgan fingerprint density at radius 2 is 2.11 bits per heavy atom. The van der Waals surface area contributed by atoms with Crippen molar-refractivity contribution >= 4 is 27.5 Å². The van der Waals surface area contributed by atoms with Gasteiger partial charge in [-0.1, -0.05) is 35.7 Å². The quantitative estimate of drug-likeness (QED) is 0.891. The van der Waals surface area contributed by atoms with E-state index in [9.17, 15) is 4.79 Å². The summed E-state index contributed by atoms with van der Waals surface area (Å²) in [6.07, 6.45) is 4.92. The van der Waals surface area contributed by atoms with Crippen LogP contribution >= 0.6 is 15.9 Å². The molecule has 4 heteroatoms. The number of benzene rings is 1. The number of halogens is 1. The summed E-state index contributed by atoms with van der Waals surface area (Å²) < 4.78 is 1.04. The summed E-state index contributed by atoms with van der Waals surface area (Å²) in [5.41, 5.74) is 7.56. The molecular weight excluding hydrogens is 304 g/mol. The van der Waals surface area contributed by atoms with Gasteiger partial charge >= 0.3 is 0 Å².